The molecule has 0 unspecified atom stereocenters. The van der Waals surface area contributed by atoms with E-state index in [2.05, 4.69) is 10.1 Å². The third kappa shape index (κ3) is 2.41. The van der Waals surface area contributed by atoms with E-state index >= 15 is 0 Å². The summed E-state index contributed by atoms with van der Waals surface area (Å²) in [5, 5.41) is 8.11. The lowest BCUT2D eigenvalue weighted by Crippen LogP contribution is -2.23. The zero-order valence-corrected chi connectivity index (χ0v) is 14.0. The van der Waals surface area contributed by atoms with Crippen LogP contribution in [0.1, 0.15) is 5.69 Å². The fourth-order valence-corrected chi connectivity index (χ4v) is 3.24. The van der Waals surface area contributed by atoms with Gasteiger partial charge in [0.2, 0.25) is 5.88 Å². The minimum atomic E-state index is -0.136. The summed E-state index contributed by atoms with van der Waals surface area (Å²) in [6.45, 7) is 0.271. The van der Waals surface area contributed by atoms with Crippen LogP contribution in [0.25, 0.3) is 16.8 Å². The van der Waals surface area contributed by atoms with Gasteiger partial charge in [0, 0.05) is 38.1 Å². The van der Waals surface area contributed by atoms with Crippen LogP contribution in [-0.2, 0) is 20.7 Å². The molecule has 0 fully saturated rings. The molecule has 7 nitrogen and oxygen atoms in total. The molecule has 0 spiro atoms. The first-order valence-corrected chi connectivity index (χ1v) is 8.29. The number of imidazole rings is 1. The van der Waals surface area contributed by atoms with Gasteiger partial charge in [-0.15, -0.1) is 0 Å². The zero-order chi connectivity index (χ0) is 16.7. The van der Waals surface area contributed by atoms with Gasteiger partial charge in [0.15, 0.2) is 5.65 Å². The van der Waals surface area contributed by atoms with Crippen molar-refractivity contribution in [3.05, 3.63) is 57.7 Å². The second-order valence-electron chi connectivity index (χ2n) is 5.46. The van der Waals surface area contributed by atoms with E-state index in [-0.39, 0.29) is 12.3 Å². The molecule has 0 saturated heterocycles. The van der Waals surface area contributed by atoms with Crippen molar-refractivity contribution in [1.29, 1.82) is 0 Å². The Hall–Kier alpha value is -2.87. The molecule has 0 N–H and O–H groups in total. The van der Waals surface area contributed by atoms with Crippen LogP contribution in [0.15, 0.2) is 46.3 Å². The zero-order valence-electron chi connectivity index (χ0n) is 13.2. The average molecular weight is 341 g/mol. The topological polar surface area (TPSA) is 66.3 Å². The summed E-state index contributed by atoms with van der Waals surface area (Å²) in [4.78, 5) is 17.0. The summed E-state index contributed by atoms with van der Waals surface area (Å²) in [5.74, 6) is 0.651. The third-order valence-corrected chi connectivity index (χ3v) is 4.49. The predicted octanol–water partition coefficient (Wildman–Crippen LogP) is 2.07. The maximum Gasteiger partial charge on any atom is 0.333 e. The van der Waals surface area contributed by atoms with Crippen molar-refractivity contribution < 1.29 is 4.74 Å². The van der Waals surface area contributed by atoms with Crippen molar-refractivity contribution in [2.24, 2.45) is 14.1 Å². The minimum absolute atomic E-state index is 0.136. The lowest BCUT2D eigenvalue weighted by atomic mass is 10.2. The van der Waals surface area contributed by atoms with E-state index in [0.29, 0.717) is 17.2 Å². The summed E-state index contributed by atoms with van der Waals surface area (Å²) >= 11 is 1.61. The van der Waals surface area contributed by atoms with Gasteiger partial charge >= 0.3 is 5.69 Å². The number of rotatable bonds is 4. The molecule has 4 heterocycles. The Balaban J connectivity index is 1.77. The number of hydrogen-bond donors (Lipinski definition) is 0. The lowest BCUT2D eigenvalue weighted by Gasteiger charge is -2.04. The van der Waals surface area contributed by atoms with E-state index in [9.17, 15) is 4.79 Å². The Morgan fingerprint density at radius 1 is 1.25 bits per heavy atom. The first-order valence-electron chi connectivity index (χ1n) is 7.34. The van der Waals surface area contributed by atoms with Crippen LogP contribution < -0.4 is 10.4 Å². The van der Waals surface area contributed by atoms with E-state index in [0.717, 1.165) is 11.1 Å². The van der Waals surface area contributed by atoms with Crippen LogP contribution in [-0.4, -0.2) is 23.7 Å². The van der Waals surface area contributed by atoms with Crippen LogP contribution in [0.4, 0.5) is 0 Å². The number of aromatic nitrogens is 5. The molecule has 4 aromatic heterocycles. The molecule has 0 bridgehead atoms. The molecule has 24 heavy (non-hydrogen) atoms. The molecule has 0 aliphatic carbocycles. The van der Waals surface area contributed by atoms with Crippen molar-refractivity contribution in [2.45, 2.75) is 6.61 Å². The second-order valence-corrected chi connectivity index (χ2v) is 6.24. The molecule has 0 amide bonds. The van der Waals surface area contributed by atoms with Crippen LogP contribution in [0.2, 0.25) is 0 Å². The summed E-state index contributed by atoms with van der Waals surface area (Å²) in [7, 11) is 3.55. The molecular weight excluding hydrogens is 326 g/mol. The fourth-order valence-electron chi connectivity index (χ4n) is 2.58. The smallest absolute Gasteiger partial charge is 0.333 e. The average Bonchev–Trinajstić information content (AvgIpc) is 3.29. The highest BCUT2D eigenvalue weighted by Crippen LogP contribution is 2.25. The highest BCUT2D eigenvalue weighted by Gasteiger charge is 2.13. The molecule has 0 atom stereocenters. The molecule has 0 aliphatic heterocycles. The Morgan fingerprint density at radius 3 is 2.83 bits per heavy atom. The number of ether oxygens (including phenoxy) is 1. The first-order chi connectivity index (χ1) is 11.6. The summed E-state index contributed by atoms with van der Waals surface area (Å²) in [5.41, 5.74) is 3.16. The van der Waals surface area contributed by atoms with Crippen molar-refractivity contribution in [3.63, 3.8) is 0 Å². The summed E-state index contributed by atoms with van der Waals surface area (Å²) in [6, 6.07) is 3.80. The maximum atomic E-state index is 12.4. The monoisotopic (exact) mass is 341 g/mol. The Morgan fingerprint density at radius 2 is 2.12 bits per heavy atom. The Kier molecular flexibility index (Phi) is 3.46. The highest BCUT2D eigenvalue weighted by molar-refractivity contribution is 7.08. The molecule has 0 aromatic carbocycles. The van der Waals surface area contributed by atoms with Crippen molar-refractivity contribution >= 4 is 17.0 Å². The number of fused-ring (bicyclic) bond motifs is 1. The standard InChI is InChI=1S/C16H15N5O2S/c1-19-8-13(11-4-6-24-10-11)15-18-12(7-21(15)16(19)22)9-23-14-3-5-17-20(14)2/h3-8,10H,9H2,1-2H3. The largest absolute Gasteiger partial charge is 0.471 e. The van der Waals surface area contributed by atoms with Crippen molar-refractivity contribution in [3.8, 4) is 17.0 Å². The van der Waals surface area contributed by atoms with Crippen molar-refractivity contribution in [2.75, 3.05) is 0 Å². The third-order valence-electron chi connectivity index (χ3n) is 3.80. The van der Waals surface area contributed by atoms with E-state index in [4.69, 9.17) is 4.74 Å². The van der Waals surface area contributed by atoms with Gasteiger partial charge in [-0.1, -0.05) is 0 Å². The minimum Gasteiger partial charge on any atom is -0.471 e. The van der Waals surface area contributed by atoms with E-state index < -0.39 is 0 Å². The summed E-state index contributed by atoms with van der Waals surface area (Å²) < 4.78 is 10.5. The molecule has 4 aromatic rings. The van der Waals surface area contributed by atoms with Crippen LogP contribution in [0, 0.1) is 0 Å². The molecular formula is C16H15N5O2S. The second kappa shape index (κ2) is 5.64. The molecule has 0 aliphatic rings. The van der Waals surface area contributed by atoms with Crippen LogP contribution in [0.5, 0.6) is 5.88 Å². The van der Waals surface area contributed by atoms with Gasteiger partial charge in [-0.05, 0) is 22.4 Å². The van der Waals surface area contributed by atoms with Gasteiger partial charge < -0.3 is 9.30 Å². The van der Waals surface area contributed by atoms with E-state index in [1.165, 1.54) is 0 Å². The molecule has 0 saturated carbocycles. The SMILES string of the molecule is Cn1nccc1OCc1cn2c(=O)n(C)cc(-c3ccsc3)c2n1. The molecule has 4 rings (SSSR count). The van der Waals surface area contributed by atoms with E-state index in [1.54, 1.807) is 50.5 Å². The predicted molar refractivity (Wildman–Crippen MR) is 91.3 cm³/mol. The number of aryl methyl sites for hydroxylation is 2. The Labute approximate surface area is 141 Å². The van der Waals surface area contributed by atoms with Crippen molar-refractivity contribution in [1.82, 2.24) is 23.7 Å². The molecule has 0 radical (unpaired) electrons. The normalized spacial score (nSPS) is 11.2. The quantitative estimate of drug-likeness (QED) is 0.570. The number of nitrogens with zero attached hydrogens (tertiary/aromatic N) is 5. The van der Waals surface area contributed by atoms with Gasteiger partial charge in [-0.2, -0.15) is 16.4 Å². The lowest BCUT2D eigenvalue weighted by molar-refractivity contribution is 0.275. The number of thiophene rings is 1. The molecule has 122 valence electrons. The first kappa shape index (κ1) is 14.7. The van der Waals surface area contributed by atoms with Crippen LogP contribution in [0.3, 0.4) is 0 Å². The van der Waals surface area contributed by atoms with E-state index in [1.807, 2.05) is 30.1 Å². The van der Waals surface area contributed by atoms with Gasteiger partial charge in [0.05, 0.1) is 11.9 Å². The number of hydrogen-bond acceptors (Lipinski definition) is 5. The molecule has 8 heteroatoms. The van der Waals surface area contributed by atoms with Gasteiger partial charge in [-0.3, -0.25) is 4.40 Å². The Bertz CT molecular complexity index is 1060. The van der Waals surface area contributed by atoms with Gasteiger partial charge in [0.1, 0.15) is 6.61 Å². The van der Waals surface area contributed by atoms with Gasteiger partial charge in [0.25, 0.3) is 0 Å². The van der Waals surface area contributed by atoms with Gasteiger partial charge in [-0.25, -0.2) is 14.5 Å². The highest BCUT2D eigenvalue weighted by atomic mass is 32.1. The maximum absolute atomic E-state index is 12.4. The van der Waals surface area contributed by atoms with Crippen LogP contribution >= 0.6 is 11.3 Å². The summed E-state index contributed by atoms with van der Waals surface area (Å²) in [6.07, 6.45) is 5.21. The fraction of sp³-hybridized carbons (Fsp3) is 0.188.